The number of halogens is 1. The molecule has 0 bridgehead atoms. The van der Waals surface area contributed by atoms with E-state index >= 15 is 0 Å². The van der Waals surface area contributed by atoms with Gasteiger partial charge in [-0.25, -0.2) is 0 Å². The third kappa shape index (κ3) is 2.53. The van der Waals surface area contributed by atoms with E-state index in [1.165, 1.54) is 4.90 Å². The molecular formula is C18H23BrN2O5. The number of alkyl halides is 1. The minimum atomic E-state index is -0.539. The summed E-state index contributed by atoms with van der Waals surface area (Å²) >= 11 is 3.52. The number of benzene rings is 1. The highest BCUT2D eigenvalue weighted by molar-refractivity contribution is 9.09. The lowest BCUT2D eigenvalue weighted by atomic mass is 9.84. The van der Waals surface area contributed by atoms with Crippen molar-refractivity contribution in [1.82, 2.24) is 9.80 Å². The lowest BCUT2D eigenvalue weighted by Crippen LogP contribution is -2.62. The first-order valence-electron chi connectivity index (χ1n) is 8.34. The van der Waals surface area contributed by atoms with Gasteiger partial charge in [0, 0.05) is 35.5 Å². The summed E-state index contributed by atoms with van der Waals surface area (Å²) in [5.41, 5.74) is 2.55. The summed E-state index contributed by atoms with van der Waals surface area (Å²) in [4.78, 5) is 28.7. The Balaban J connectivity index is 2.31. The number of hydrogen-bond donors (Lipinski definition) is 0. The lowest BCUT2D eigenvalue weighted by Gasteiger charge is -2.47. The fourth-order valence-electron chi connectivity index (χ4n) is 4.13. The van der Waals surface area contributed by atoms with E-state index < -0.39 is 6.04 Å². The van der Waals surface area contributed by atoms with Gasteiger partial charge in [0.05, 0.1) is 33.9 Å². The Bertz CT molecular complexity index is 767. The van der Waals surface area contributed by atoms with Crippen molar-refractivity contribution in [1.29, 1.82) is 0 Å². The Morgan fingerprint density at radius 2 is 1.69 bits per heavy atom. The van der Waals surface area contributed by atoms with Crippen LogP contribution >= 0.6 is 15.9 Å². The van der Waals surface area contributed by atoms with Gasteiger partial charge in [-0.3, -0.25) is 9.59 Å². The summed E-state index contributed by atoms with van der Waals surface area (Å²) in [7, 11) is 6.42. The maximum absolute atomic E-state index is 12.8. The molecule has 142 valence electrons. The van der Waals surface area contributed by atoms with Crippen LogP contribution in [0.5, 0.6) is 17.2 Å². The average molecular weight is 427 g/mol. The van der Waals surface area contributed by atoms with Crippen LogP contribution < -0.4 is 14.2 Å². The largest absolute Gasteiger partial charge is 0.496 e. The average Bonchev–Trinajstić information content (AvgIpc) is 2.63. The summed E-state index contributed by atoms with van der Waals surface area (Å²) in [5.74, 6) is 1.71. The fourth-order valence-corrected chi connectivity index (χ4v) is 4.77. The van der Waals surface area contributed by atoms with Crippen LogP contribution in [-0.2, 0) is 16.0 Å². The number of piperazine rings is 1. The van der Waals surface area contributed by atoms with Crippen molar-refractivity contribution in [3.8, 4) is 17.2 Å². The van der Waals surface area contributed by atoms with Gasteiger partial charge in [-0.1, -0.05) is 15.9 Å². The van der Waals surface area contributed by atoms with Crippen LogP contribution in [0.4, 0.5) is 0 Å². The van der Waals surface area contributed by atoms with Crippen LogP contribution in [0.3, 0.4) is 0 Å². The van der Waals surface area contributed by atoms with E-state index in [1.807, 2.05) is 6.92 Å². The van der Waals surface area contributed by atoms with Crippen LogP contribution in [0, 0.1) is 6.92 Å². The molecule has 2 atom stereocenters. The van der Waals surface area contributed by atoms with Crippen molar-refractivity contribution < 1.29 is 23.8 Å². The Labute approximate surface area is 161 Å². The van der Waals surface area contributed by atoms with Gasteiger partial charge in [0.15, 0.2) is 11.5 Å². The molecule has 26 heavy (non-hydrogen) atoms. The molecule has 1 fully saturated rings. The first kappa shape index (κ1) is 18.8. The number of hydrogen-bond acceptors (Lipinski definition) is 5. The van der Waals surface area contributed by atoms with E-state index in [0.717, 1.165) is 16.7 Å². The smallest absolute Gasteiger partial charge is 0.245 e. The number of carbonyl (C=O) groups is 2. The monoisotopic (exact) mass is 426 g/mol. The quantitative estimate of drug-likeness (QED) is 0.685. The summed E-state index contributed by atoms with van der Waals surface area (Å²) in [6, 6.07) is -0.880. The van der Waals surface area contributed by atoms with Gasteiger partial charge in [0.2, 0.25) is 11.8 Å². The highest BCUT2D eigenvalue weighted by atomic mass is 79.9. The van der Waals surface area contributed by atoms with Crippen molar-refractivity contribution in [2.24, 2.45) is 0 Å². The molecular weight excluding hydrogens is 404 g/mol. The SMILES string of the molecule is COc1c(C)c(OC)c(OC)c2c1C[C@H]1C(=O)N(C)CC(=O)N1[C@H]2CBr. The molecule has 8 heteroatoms. The molecule has 0 radical (unpaired) electrons. The zero-order valence-electron chi connectivity index (χ0n) is 15.6. The normalized spacial score (nSPS) is 22.1. The molecule has 0 saturated carbocycles. The van der Waals surface area contributed by atoms with Crippen molar-refractivity contribution in [2.75, 3.05) is 40.3 Å². The standard InChI is InChI=1S/C18H23BrN2O5/c1-9-15(24-3)10-6-11-18(23)20(2)8-13(22)21(11)12(7-19)14(10)17(26-5)16(9)25-4/h11-12H,6-8H2,1-5H3/t11-,12-/m0/s1. The van der Waals surface area contributed by atoms with Crippen LogP contribution in [0.15, 0.2) is 0 Å². The van der Waals surface area contributed by atoms with Gasteiger partial charge in [-0.15, -0.1) is 0 Å². The van der Waals surface area contributed by atoms with Crippen molar-refractivity contribution in [3.63, 3.8) is 0 Å². The van der Waals surface area contributed by atoms with Crippen molar-refractivity contribution in [3.05, 3.63) is 16.7 Å². The second kappa shape index (κ2) is 6.98. The predicted molar refractivity (Wildman–Crippen MR) is 99.3 cm³/mol. The lowest BCUT2D eigenvalue weighted by molar-refractivity contribution is -0.157. The molecule has 2 aliphatic rings. The minimum absolute atomic E-state index is 0.0595. The molecule has 7 nitrogen and oxygen atoms in total. The third-order valence-corrected chi connectivity index (χ3v) is 5.83. The summed E-state index contributed by atoms with van der Waals surface area (Å²) < 4.78 is 16.9. The fraction of sp³-hybridized carbons (Fsp3) is 0.556. The van der Waals surface area contributed by atoms with Crippen LogP contribution in [0.2, 0.25) is 0 Å². The second-order valence-electron chi connectivity index (χ2n) is 6.50. The van der Waals surface area contributed by atoms with Gasteiger partial charge in [0.1, 0.15) is 11.8 Å². The van der Waals surface area contributed by atoms with Crippen molar-refractivity contribution in [2.45, 2.75) is 25.4 Å². The van der Waals surface area contributed by atoms with Crippen molar-refractivity contribution >= 4 is 27.7 Å². The number of methoxy groups -OCH3 is 3. The zero-order chi connectivity index (χ0) is 19.2. The first-order chi connectivity index (χ1) is 12.4. The van der Waals surface area contributed by atoms with Gasteiger partial charge in [-0.2, -0.15) is 0 Å². The summed E-state index contributed by atoms with van der Waals surface area (Å²) in [6.45, 7) is 1.98. The highest BCUT2D eigenvalue weighted by Crippen LogP contribution is 2.51. The summed E-state index contributed by atoms with van der Waals surface area (Å²) in [5, 5.41) is 0.477. The van der Waals surface area contributed by atoms with E-state index in [9.17, 15) is 9.59 Å². The van der Waals surface area contributed by atoms with E-state index in [1.54, 1.807) is 33.3 Å². The molecule has 1 aromatic carbocycles. The molecule has 0 spiro atoms. The number of ether oxygens (including phenoxy) is 3. The molecule has 0 aliphatic carbocycles. The third-order valence-electron chi connectivity index (χ3n) is 5.21. The second-order valence-corrected chi connectivity index (χ2v) is 7.15. The molecule has 2 amide bonds. The van der Waals surface area contributed by atoms with Crippen LogP contribution in [0.25, 0.3) is 0 Å². The van der Waals surface area contributed by atoms with Gasteiger partial charge in [0.25, 0.3) is 0 Å². The van der Waals surface area contributed by atoms with Gasteiger partial charge >= 0.3 is 0 Å². The maximum atomic E-state index is 12.8. The summed E-state index contributed by atoms with van der Waals surface area (Å²) in [6.07, 6.45) is 0.387. The Hall–Kier alpha value is -1.96. The molecule has 2 heterocycles. The molecule has 1 saturated heterocycles. The first-order valence-corrected chi connectivity index (χ1v) is 9.46. The molecule has 0 unspecified atom stereocenters. The Morgan fingerprint density at radius 3 is 2.23 bits per heavy atom. The van der Waals surface area contributed by atoms with E-state index in [-0.39, 0.29) is 24.4 Å². The molecule has 1 aromatic rings. The van der Waals surface area contributed by atoms with E-state index in [0.29, 0.717) is 29.0 Å². The predicted octanol–water partition coefficient (Wildman–Crippen LogP) is 1.68. The number of amides is 2. The van der Waals surface area contributed by atoms with E-state index in [4.69, 9.17) is 14.2 Å². The number of likely N-dealkylation sites (N-methyl/N-ethyl adjacent to an activating group) is 1. The highest BCUT2D eigenvalue weighted by Gasteiger charge is 2.48. The van der Waals surface area contributed by atoms with Gasteiger partial charge < -0.3 is 24.0 Å². The van der Waals surface area contributed by atoms with Crippen LogP contribution in [-0.4, -0.2) is 67.9 Å². The number of nitrogens with zero attached hydrogens (tertiary/aromatic N) is 2. The van der Waals surface area contributed by atoms with E-state index in [2.05, 4.69) is 15.9 Å². The molecule has 3 rings (SSSR count). The van der Waals surface area contributed by atoms with Crippen LogP contribution in [0.1, 0.15) is 22.7 Å². The maximum Gasteiger partial charge on any atom is 0.245 e. The molecule has 0 aromatic heterocycles. The number of carbonyl (C=O) groups excluding carboxylic acids is 2. The number of rotatable bonds is 4. The van der Waals surface area contributed by atoms with Gasteiger partial charge in [-0.05, 0) is 6.92 Å². The minimum Gasteiger partial charge on any atom is -0.496 e. The zero-order valence-corrected chi connectivity index (χ0v) is 17.2. The Kier molecular flexibility index (Phi) is 5.05. The molecule has 2 aliphatic heterocycles. The molecule has 0 N–H and O–H groups in total. The topological polar surface area (TPSA) is 68.3 Å². The Morgan fingerprint density at radius 1 is 1.08 bits per heavy atom. The number of fused-ring (bicyclic) bond motifs is 2.